The molecule has 0 bridgehead atoms. The summed E-state index contributed by atoms with van der Waals surface area (Å²) in [5.74, 6) is 0.0508. The fraction of sp³-hybridized carbons (Fsp3) is 0.167. The molecule has 4 nitrogen and oxygen atoms in total. The zero-order valence-corrected chi connectivity index (χ0v) is 17.9. The number of benzene rings is 3. The number of carbonyl (C=O) groups is 2. The van der Waals surface area contributed by atoms with Crippen molar-refractivity contribution in [2.45, 2.75) is 18.3 Å². The Hall–Kier alpha value is -2.76. The van der Waals surface area contributed by atoms with E-state index in [2.05, 4.69) is 0 Å². The van der Waals surface area contributed by atoms with Crippen LogP contribution < -0.4 is 9.80 Å². The quantitative estimate of drug-likeness (QED) is 0.574. The molecule has 150 valence electrons. The summed E-state index contributed by atoms with van der Waals surface area (Å²) in [6.07, 6.45) is 0. The highest BCUT2D eigenvalue weighted by Gasteiger charge is 2.60. The number of aryl methyl sites for hydroxylation is 1. The zero-order valence-electron chi connectivity index (χ0n) is 16.3. The van der Waals surface area contributed by atoms with Gasteiger partial charge in [-0.2, -0.15) is 0 Å². The van der Waals surface area contributed by atoms with Gasteiger partial charge in [0, 0.05) is 16.3 Å². The minimum Gasteiger partial charge on any atom is -0.304 e. The van der Waals surface area contributed by atoms with Gasteiger partial charge in [-0.25, -0.2) is 0 Å². The topological polar surface area (TPSA) is 40.6 Å². The standard InChI is InChI=1S/C24H19ClN2O2S/c1-16-11-12-18(13-20(16)25)27-22(28)15-30-24(27)19-9-5-6-10-21(19)26(23(24)29)14-17-7-3-2-4-8-17/h2-13H,14-15H2,1H3/t24-/m0/s1. The van der Waals surface area contributed by atoms with Crippen LogP contribution in [0.5, 0.6) is 0 Å². The number of anilines is 2. The van der Waals surface area contributed by atoms with Crippen LogP contribution in [0.3, 0.4) is 0 Å². The smallest absolute Gasteiger partial charge is 0.269 e. The third kappa shape index (κ3) is 2.76. The van der Waals surface area contributed by atoms with Crippen molar-refractivity contribution in [1.82, 2.24) is 0 Å². The van der Waals surface area contributed by atoms with E-state index in [1.165, 1.54) is 11.8 Å². The van der Waals surface area contributed by atoms with Gasteiger partial charge < -0.3 is 4.90 Å². The molecule has 30 heavy (non-hydrogen) atoms. The number of fused-ring (bicyclic) bond motifs is 2. The minimum atomic E-state index is -1.11. The van der Waals surface area contributed by atoms with E-state index in [9.17, 15) is 9.59 Å². The fourth-order valence-electron chi connectivity index (χ4n) is 4.20. The zero-order chi connectivity index (χ0) is 20.9. The Morgan fingerprint density at radius 1 is 1.00 bits per heavy atom. The van der Waals surface area contributed by atoms with Crippen LogP contribution in [0.4, 0.5) is 11.4 Å². The maximum absolute atomic E-state index is 14.0. The molecule has 1 fully saturated rings. The molecule has 1 atom stereocenters. The van der Waals surface area contributed by atoms with Crippen molar-refractivity contribution in [2.75, 3.05) is 15.6 Å². The van der Waals surface area contributed by atoms with Gasteiger partial charge in [-0.1, -0.05) is 66.2 Å². The highest BCUT2D eigenvalue weighted by Crippen LogP contribution is 2.56. The van der Waals surface area contributed by atoms with Crippen LogP contribution in [0.2, 0.25) is 5.02 Å². The third-order valence-corrected chi connectivity index (χ3v) is 7.45. The third-order valence-electron chi connectivity index (χ3n) is 5.66. The van der Waals surface area contributed by atoms with Crippen molar-refractivity contribution in [3.8, 4) is 0 Å². The number of hydrogen-bond acceptors (Lipinski definition) is 3. The molecule has 6 heteroatoms. The molecule has 0 unspecified atom stereocenters. The second-order valence-corrected chi connectivity index (χ2v) is 9.06. The van der Waals surface area contributed by atoms with E-state index >= 15 is 0 Å². The monoisotopic (exact) mass is 434 g/mol. The normalized spacial score (nSPS) is 20.3. The van der Waals surface area contributed by atoms with Crippen LogP contribution in [0.1, 0.15) is 16.7 Å². The van der Waals surface area contributed by atoms with Gasteiger partial charge in [-0.05, 0) is 36.2 Å². The molecule has 3 aromatic carbocycles. The van der Waals surface area contributed by atoms with Gasteiger partial charge in [0.1, 0.15) is 0 Å². The number of thioether (sulfide) groups is 1. The molecule has 0 radical (unpaired) electrons. The Bertz CT molecular complexity index is 1170. The van der Waals surface area contributed by atoms with E-state index in [-0.39, 0.29) is 17.6 Å². The van der Waals surface area contributed by atoms with Gasteiger partial charge in [-0.3, -0.25) is 14.5 Å². The summed E-state index contributed by atoms with van der Waals surface area (Å²) in [4.78, 5) is 29.3. The first-order valence-electron chi connectivity index (χ1n) is 9.71. The first kappa shape index (κ1) is 19.2. The highest BCUT2D eigenvalue weighted by atomic mass is 35.5. The van der Waals surface area contributed by atoms with Crippen LogP contribution in [0, 0.1) is 6.92 Å². The van der Waals surface area contributed by atoms with Crippen molar-refractivity contribution in [3.63, 3.8) is 0 Å². The predicted molar refractivity (Wildman–Crippen MR) is 122 cm³/mol. The Morgan fingerprint density at radius 2 is 1.73 bits per heavy atom. The maximum atomic E-state index is 14.0. The number of rotatable bonds is 3. The van der Waals surface area contributed by atoms with Crippen LogP contribution in [0.25, 0.3) is 0 Å². The van der Waals surface area contributed by atoms with Gasteiger partial charge >= 0.3 is 0 Å². The van der Waals surface area contributed by atoms with E-state index < -0.39 is 4.87 Å². The number of carbonyl (C=O) groups excluding carboxylic acids is 2. The first-order valence-corrected chi connectivity index (χ1v) is 11.1. The minimum absolute atomic E-state index is 0.0929. The second kappa shape index (κ2) is 7.18. The number of para-hydroxylation sites is 1. The predicted octanol–water partition coefficient (Wildman–Crippen LogP) is 5.13. The summed E-state index contributed by atoms with van der Waals surface area (Å²) in [7, 11) is 0. The molecule has 3 aromatic rings. The summed E-state index contributed by atoms with van der Waals surface area (Å²) in [6, 6.07) is 23.2. The lowest BCUT2D eigenvalue weighted by Crippen LogP contribution is -2.49. The average Bonchev–Trinajstić information content (AvgIpc) is 3.22. The Balaban J connectivity index is 1.66. The van der Waals surface area contributed by atoms with Crippen LogP contribution in [0.15, 0.2) is 72.8 Å². The van der Waals surface area contributed by atoms with Gasteiger partial charge in [-0.15, -0.1) is 11.8 Å². The largest absolute Gasteiger partial charge is 0.304 e. The van der Waals surface area contributed by atoms with Gasteiger partial charge in [0.15, 0.2) is 0 Å². The number of hydrogen-bond donors (Lipinski definition) is 0. The molecule has 1 spiro atoms. The average molecular weight is 435 g/mol. The number of halogens is 1. The Kier molecular flexibility index (Phi) is 4.60. The number of nitrogens with zero attached hydrogens (tertiary/aromatic N) is 2. The molecular weight excluding hydrogens is 416 g/mol. The Labute approximate surface area is 184 Å². The molecule has 2 aliphatic heterocycles. The van der Waals surface area contributed by atoms with Crippen molar-refractivity contribution in [3.05, 3.63) is 94.5 Å². The lowest BCUT2D eigenvalue weighted by atomic mass is 10.0. The molecule has 2 heterocycles. The summed E-state index contributed by atoms with van der Waals surface area (Å²) in [5, 5.41) is 0.576. The van der Waals surface area contributed by atoms with Crippen LogP contribution in [-0.4, -0.2) is 17.6 Å². The van der Waals surface area contributed by atoms with E-state index in [1.807, 2.05) is 73.7 Å². The van der Waals surface area contributed by atoms with Crippen LogP contribution in [-0.2, 0) is 21.0 Å². The highest BCUT2D eigenvalue weighted by molar-refractivity contribution is 8.02. The van der Waals surface area contributed by atoms with E-state index in [0.29, 0.717) is 17.3 Å². The summed E-state index contributed by atoms with van der Waals surface area (Å²) in [6.45, 7) is 2.37. The summed E-state index contributed by atoms with van der Waals surface area (Å²) < 4.78 is 0. The van der Waals surface area contributed by atoms with Crippen molar-refractivity contribution in [2.24, 2.45) is 0 Å². The molecule has 0 aliphatic carbocycles. The lowest BCUT2D eigenvalue weighted by Gasteiger charge is -2.33. The molecule has 0 aromatic heterocycles. The van der Waals surface area contributed by atoms with Crippen LogP contribution >= 0.6 is 23.4 Å². The van der Waals surface area contributed by atoms with Crippen molar-refractivity contribution < 1.29 is 9.59 Å². The summed E-state index contributed by atoms with van der Waals surface area (Å²) in [5.41, 5.74) is 4.30. The number of amides is 2. The molecule has 2 aliphatic rings. The molecular formula is C24H19ClN2O2S. The fourth-order valence-corrected chi connectivity index (χ4v) is 5.73. The van der Waals surface area contributed by atoms with Gasteiger partial charge in [0.2, 0.25) is 10.8 Å². The summed E-state index contributed by atoms with van der Waals surface area (Å²) >= 11 is 7.75. The van der Waals surface area contributed by atoms with E-state index in [1.54, 1.807) is 15.9 Å². The SMILES string of the molecule is Cc1ccc(N2C(=O)CS[C@@]23C(=O)N(Cc2ccccc2)c2ccccc23)cc1Cl. The van der Waals surface area contributed by atoms with Crippen molar-refractivity contribution >= 4 is 46.6 Å². The van der Waals surface area contributed by atoms with E-state index in [0.717, 1.165) is 22.4 Å². The molecule has 0 N–H and O–H groups in total. The molecule has 1 saturated heterocycles. The van der Waals surface area contributed by atoms with Gasteiger partial charge in [0.05, 0.1) is 18.0 Å². The van der Waals surface area contributed by atoms with E-state index in [4.69, 9.17) is 11.6 Å². The first-order chi connectivity index (χ1) is 14.5. The maximum Gasteiger partial charge on any atom is 0.269 e. The molecule has 5 rings (SSSR count). The lowest BCUT2D eigenvalue weighted by molar-refractivity contribution is -0.123. The second-order valence-electron chi connectivity index (χ2n) is 7.49. The van der Waals surface area contributed by atoms with Gasteiger partial charge in [0.25, 0.3) is 5.91 Å². The molecule has 2 amide bonds. The van der Waals surface area contributed by atoms with Crippen molar-refractivity contribution in [1.29, 1.82) is 0 Å². The Morgan fingerprint density at radius 3 is 2.50 bits per heavy atom. The molecule has 0 saturated carbocycles.